The second-order valence-electron chi connectivity index (χ2n) is 4.55. The first-order valence-electron chi connectivity index (χ1n) is 5.84. The molecule has 0 aromatic heterocycles. The van der Waals surface area contributed by atoms with Crippen molar-refractivity contribution in [1.82, 2.24) is 10.2 Å². The number of nitrogens with zero attached hydrogens (tertiary/aromatic N) is 1. The van der Waals surface area contributed by atoms with Crippen molar-refractivity contribution in [2.24, 2.45) is 0 Å². The molecule has 0 atom stereocenters. The SMILES string of the molecule is CC(C)NC(=O)CN(C)C(=O)c1ccc(O)c(Cl)c1. The molecule has 2 N–H and O–H groups in total. The van der Waals surface area contributed by atoms with Gasteiger partial charge in [0.15, 0.2) is 0 Å². The van der Waals surface area contributed by atoms with Crippen LogP contribution in [-0.4, -0.2) is 41.5 Å². The summed E-state index contributed by atoms with van der Waals surface area (Å²) in [4.78, 5) is 24.9. The average Bonchev–Trinajstić information content (AvgIpc) is 2.30. The number of carbonyl (C=O) groups is 2. The van der Waals surface area contributed by atoms with Gasteiger partial charge in [0.1, 0.15) is 5.75 Å². The summed E-state index contributed by atoms with van der Waals surface area (Å²) in [5.74, 6) is -0.644. The van der Waals surface area contributed by atoms with Gasteiger partial charge in [0.25, 0.3) is 5.91 Å². The maximum absolute atomic E-state index is 12.0. The molecule has 0 heterocycles. The average molecular weight is 285 g/mol. The van der Waals surface area contributed by atoms with Crippen molar-refractivity contribution in [3.8, 4) is 5.75 Å². The number of phenolic OH excluding ortho intramolecular Hbond substituents is 1. The summed E-state index contributed by atoms with van der Waals surface area (Å²) in [5, 5.41) is 12.1. The smallest absolute Gasteiger partial charge is 0.254 e. The molecule has 0 bridgehead atoms. The summed E-state index contributed by atoms with van der Waals surface area (Å²) in [6.45, 7) is 3.66. The van der Waals surface area contributed by atoms with Gasteiger partial charge < -0.3 is 15.3 Å². The monoisotopic (exact) mass is 284 g/mol. The number of likely N-dealkylation sites (N-methyl/N-ethyl adjacent to an activating group) is 1. The highest BCUT2D eigenvalue weighted by molar-refractivity contribution is 6.32. The Balaban J connectivity index is 2.71. The van der Waals surface area contributed by atoms with Crippen LogP contribution in [-0.2, 0) is 4.79 Å². The van der Waals surface area contributed by atoms with E-state index in [0.29, 0.717) is 5.56 Å². The molecule has 1 aromatic carbocycles. The lowest BCUT2D eigenvalue weighted by Crippen LogP contribution is -2.40. The van der Waals surface area contributed by atoms with Crippen LogP contribution in [0.2, 0.25) is 5.02 Å². The van der Waals surface area contributed by atoms with Crippen LogP contribution in [0.25, 0.3) is 0 Å². The number of rotatable bonds is 4. The summed E-state index contributed by atoms with van der Waals surface area (Å²) >= 11 is 5.74. The van der Waals surface area contributed by atoms with Gasteiger partial charge in [-0.2, -0.15) is 0 Å². The highest BCUT2D eigenvalue weighted by Gasteiger charge is 2.16. The van der Waals surface area contributed by atoms with Crippen LogP contribution >= 0.6 is 11.6 Å². The summed E-state index contributed by atoms with van der Waals surface area (Å²) in [6, 6.07) is 4.20. The summed E-state index contributed by atoms with van der Waals surface area (Å²) in [6.07, 6.45) is 0. The molecule has 0 saturated carbocycles. The Hall–Kier alpha value is -1.75. The van der Waals surface area contributed by atoms with E-state index >= 15 is 0 Å². The van der Waals surface area contributed by atoms with Crippen molar-refractivity contribution in [1.29, 1.82) is 0 Å². The lowest BCUT2D eigenvalue weighted by atomic mass is 10.2. The van der Waals surface area contributed by atoms with Crippen LogP contribution < -0.4 is 5.32 Å². The van der Waals surface area contributed by atoms with Crippen LogP contribution in [0.1, 0.15) is 24.2 Å². The van der Waals surface area contributed by atoms with Gasteiger partial charge >= 0.3 is 0 Å². The highest BCUT2D eigenvalue weighted by Crippen LogP contribution is 2.24. The molecule has 19 heavy (non-hydrogen) atoms. The predicted molar refractivity (Wildman–Crippen MR) is 73.4 cm³/mol. The van der Waals surface area contributed by atoms with Crippen molar-refractivity contribution < 1.29 is 14.7 Å². The topological polar surface area (TPSA) is 69.6 Å². The number of phenols is 1. The van der Waals surface area contributed by atoms with E-state index in [4.69, 9.17) is 11.6 Å². The van der Waals surface area contributed by atoms with Crippen LogP contribution in [0.4, 0.5) is 0 Å². The summed E-state index contributed by atoms with van der Waals surface area (Å²) in [5.41, 5.74) is 0.322. The molecule has 104 valence electrons. The number of hydrogen-bond acceptors (Lipinski definition) is 3. The molecule has 0 saturated heterocycles. The Morgan fingerprint density at radius 2 is 2.05 bits per heavy atom. The van der Waals surface area contributed by atoms with E-state index in [1.54, 1.807) is 0 Å². The number of aromatic hydroxyl groups is 1. The zero-order valence-electron chi connectivity index (χ0n) is 11.1. The number of benzene rings is 1. The zero-order chi connectivity index (χ0) is 14.6. The van der Waals surface area contributed by atoms with E-state index in [1.165, 1.54) is 30.1 Å². The molecule has 1 rings (SSSR count). The second-order valence-corrected chi connectivity index (χ2v) is 4.96. The van der Waals surface area contributed by atoms with Crippen LogP contribution in [0, 0.1) is 0 Å². The number of halogens is 1. The van der Waals surface area contributed by atoms with E-state index in [9.17, 15) is 14.7 Å². The Labute approximate surface area is 117 Å². The molecule has 1 aromatic rings. The van der Waals surface area contributed by atoms with Gasteiger partial charge in [-0.15, -0.1) is 0 Å². The molecule has 0 spiro atoms. The normalized spacial score (nSPS) is 10.4. The van der Waals surface area contributed by atoms with E-state index in [2.05, 4.69) is 5.32 Å². The Bertz CT molecular complexity index is 489. The van der Waals surface area contributed by atoms with Gasteiger partial charge in [-0.05, 0) is 32.0 Å². The molecular formula is C13H17ClN2O3. The van der Waals surface area contributed by atoms with Crippen molar-refractivity contribution >= 4 is 23.4 Å². The molecule has 0 aliphatic rings. The minimum absolute atomic E-state index is 0.0270. The summed E-state index contributed by atoms with van der Waals surface area (Å²) < 4.78 is 0. The minimum atomic E-state index is -0.333. The first kappa shape index (κ1) is 15.3. The van der Waals surface area contributed by atoms with E-state index < -0.39 is 0 Å². The van der Waals surface area contributed by atoms with Crippen LogP contribution in [0.15, 0.2) is 18.2 Å². The fourth-order valence-corrected chi connectivity index (χ4v) is 1.70. The van der Waals surface area contributed by atoms with Gasteiger partial charge in [0, 0.05) is 18.7 Å². The Morgan fingerprint density at radius 1 is 1.42 bits per heavy atom. The third-order valence-corrected chi connectivity index (χ3v) is 2.67. The number of carbonyl (C=O) groups excluding carboxylic acids is 2. The first-order valence-corrected chi connectivity index (χ1v) is 6.22. The van der Waals surface area contributed by atoms with Gasteiger partial charge in [0.2, 0.25) is 5.91 Å². The van der Waals surface area contributed by atoms with E-state index in [-0.39, 0.29) is 35.2 Å². The maximum atomic E-state index is 12.0. The summed E-state index contributed by atoms with van der Waals surface area (Å²) in [7, 11) is 1.53. The van der Waals surface area contributed by atoms with Crippen molar-refractivity contribution in [2.45, 2.75) is 19.9 Å². The maximum Gasteiger partial charge on any atom is 0.254 e. The standard InChI is InChI=1S/C13H17ClN2O3/c1-8(2)15-12(18)7-16(3)13(19)9-4-5-11(17)10(14)6-9/h4-6,8,17H,7H2,1-3H3,(H,15,18). The van der Waals surface area contributed by atoms with Crippen molar-refractivity contribution in [3.05, 3.63) is 28.8 Å². The second kappa shape index (κ2) is 6.43. The van der Waals surface area contributed by atoms with Gasteiger partial charge in [-0.25, -0.2) is 0 Å². The molecule has 6 heteroatoms. The van der Waals surface area contributed by atoms with E-state index in [1.807, 2.05) is 13.8 Å². The highest BCUT2D eigenvalue weighted by atomic mass is 35.5. The Morgan fingerprint density at radius 3 is 2.58 bits per heavy atom. The van der Waals surface area contributed by atoms with Crippen LogP contribution in [0.5, 0.6) is 5.75 Å². The fourth-order valence-electron chi connectivity index (χ4n) is 1.52. The first-order chi connectivity index (χ1) is 8.81. The molecular weight excluding hydrogens is 268 g/mol. The lowest BCUT2D eigenvalue weighted by molar-refractivity contribution is -0.122. The van der Waals surface area contributed by atoms with Crippen molar-refractivity contribution in [3.63, 3.8) is 0 Å². The van der Waals surface area contributed by atoms with Gasteiger partial charge in [-0.1, -0.05) is 11.6 Å². The molecule has 0 radical (unpaired) electrons. The lowest BCUT2D eigenvalue weighted by Gasteiger charge is -2.18. The molecule has 0 fully saturated rings. The minimum Gasteiger partial charge on any atom is -0.506 e. The number of amides is 2. The quantitative estimate of drug-likeness (QED) is 0.883. The number of nitrogens with one attached hydrogen (secondary N) is 1. The zero-order valence-corrected chi connectivity index (χ0v) is 11.9. The van der Waals surface area contributed by atoms with E-state index in [0.717, 1.165) is 0 Å². The largest absolute Gasteiger partial charge is 0.506 e. The fraction of sp³-hybridized carbons (Fsp3) is 0.385. The third kappa shape index (κ3) is 4.44. The van der Waals surface area contributed by atoms with Gasteiger partial charge in [0.05, 0.1) is 11.6 Å². The molecule has 5 nitrogen and oxygen atoms in total. The molecule has 2 amide bonds. The number of hydrogen-bond donors (Lipinski definition) is 2. The third-order valence-electron chi connectivity index (χ3n) is 2.37. The molecule has 0 unspecified atom stereocenters. The van der Waals surface area contributed by atoms with Crippen molar-refractivity contribution in [2.75, 3.05) is 13.6 Å². The molecule has 0 aliphatic carbocycles. The van der Waals surface area contributed by atoms with Crippen LogP contribution in [0.3, 0.4) is 0 Å². The Kier molecular flexibility index (Phi) is 5.18. The molecule has 0 aliphatic heterocycles. The predicted octanol–water partition coefficient (Wildman–Crippen LogP) is 1.64. The van der Waals surface area contributed by atoms with Gasteiger partial charge in [-0.3, -0.25) is 9.59 Å².